The van der Waals surface area contributed by atoms with E-state index in [4.69, 9.17) is 33.2 Å². The van der Waals surface area contributed by atoms with Crippen LogP contribution in [0.15, 0.2) is 11.6 Å². The number of ether oxygens (including phenoxy) is 7. The van der Waals surface area contributed by atoms with Crippen LogP contribution >= 0.6 is 0 Å². The number of aldehydes is 1. The molecule has 19 nitrogen and oxygen atoms in total. The lowest BCUT2D eigenvalue weighted by molar-refractivity contribution is -0.395. The van der Waals surface area contributed by atoms with Gasteiger partial charge < -0.3 is 89.0 Å². The molecule has 10 N–H and O–H groups in total. The molecule has 0 aromatic carbocycles. The molecule has 3 saturated heterocycles. The van der Waals surface area contributed by atoms with E-state index < -0.39 is 140 Å². The van der Waals surface area contributed by atoms with Gasteiger partial charge in [0.25, 0.3) is 0 Å². The number of hydrogen-bond donors (Lipinski definition) is 10. The Morgan fingerprint density at radius 2 is 1.36 bits per heavy atom. The Labute approximate surface area is 391 Å². The molecule has 0 radical (unpaired) electrons. The minimum Gasteiger partial charge on any atom is -0.468 e. The molecule has 67 heavy (non-hydrogen) atoms. The molecule has 0 aromatic heterocycles. The fraction of sp³-hybridized carbons (Fsp3) is 0.917. The van der Waals surface area contributed by atoms with E-state index in [9.17, 15) is 60.7 Å². The molecule has 382 valence electrons. The maximum absolute atomic E-state index is 13.9. The molecular weight excluding hydrogens is 881 g/mol. The molecule has 19 heteroatoms. The van der Waals surface area contributed by atoms with Crippen molar-refractivity contribution < 1.29 is 93.8 Å². The third-order valence-electron chi connectivity index (χ3n) is 19.1. The Balaban J connectivity index is 1.12. The summed E-state index contributed by atoms with van der Waals surface area (Å²) in [6.45, 7) is 11.1. The van der Waals surface area contributed by atoms with Crippen molar-refractivity contribution in [2.24, 2.45) is 50.2 Å². The Morgan fingerprint density at radius 1 is 0.716 bits per heavy atom. The number of allylic oxidation sites excluding steroid dienone is 2. The first-order chi connectivity index (χ1) is 31.4. The van der Waals surface area contributed by atoms with Crippen molar-refractivity contribution in [1.29, 1.82) is 0 Å². The van der Waals surface area contributed by atoms with Crippen molar-refractivity contribution in [3.05, 3.63) is 11.6 Å². The zero-order valence-electron chi connectivity index (χ0n) is 39.8. The smallest absolute Gasteiger partial charge is 0.315 e. The summed E-state index contributed by atoms with van der Waals surface area (Å²) in [5, 5.41) is 108. The van der Waals surface area contributed by atoms with E-state index in [0.717, 1.165) is 19.1 Å². The second kappa shape index (κ2) is 18.4. The van der Waals surface area contributed by atoms with Gasteiger partial charge in [-0.25, -0.2) is 0 Å². The van der Waals surface area contributed by atoms with Gasteiger partial charge in [-0.2, -0.15) is 0 Å². The van der Waals surface area contributed by atoms with Crippen molar-refractivity contribution in [2.75, 3.05) is 26.9 Å². The largest absolute Gasteiger partial charge is 0.468 e. The number of methoxy groups -OCH3 is 1. The summed E-state index contributed by atoms with van der Waals surface area (Å²) in [7, 11) is 1.40. The van der Waals surface area contributed by atoms with Gasteiger partial charge in [-0.3, -0.25) is 4.79 Å². The summed E-state index contributed by atoms with van der Waals surface area (Å²) in [6.07, 6.45) is -16.7. The first kappa shape index (κ1) is 51.6. The van der Waals surface area contributed by atoms with Crippen molar-refractivity contribution in [3.63, 3.8) is 0 Å². The topological polar surface area (TPSA) is 301 Å². The monoisotopic (exact) mass is 956 g/mol. The Kier molecular flexibility index (Phi) is 14.1. The molecule has 8 rings (SSSR count). The third kappa shape index (κ3) is 7.92. The molecule has 0 bridgehead atoms. The lowest BCUT2D eigenvalue weighted by Crippen LogP contribution is -2.69. The van der Waals surface area contributed by atoms with Gasteiger partial charge in [-0.05, 0) is 97.2 Å². The first-order valence-electron chi connectivity index (χ1n) is 24.2. The van der Waals surface area contributed by atoms with Crippen LogP contribution in [0.3, 0.4) is 0 Å². The van der Waals surface area contributed by atoms with E-state index in [1.807, 2.05) is 6.92 Å². The summed E-state index contributed by atoms with van der Waals surface area (Å²) in [6, 6.07) is 0. The molecule has 0 aromatic rings. The fourth-order valence-electron chi connectivity index (χ4n) is 15.0. The second-order valence-electron chi connectivity index (χ2n) is 23.0. The van der Waals surface area contributed by atoms with Crippen molar-refractivity contribution >= 4 is 12.3 Å². The van der Waals surface area contributed by atoms with Crippen LogP contribution in [0.1, 0.15) is 99.3 Å². The predicted octanol–water partition coefficient (Wildman–Crippen LogP) is -0.416. The number of rotatable bonds is 10. The van der Waals surface area contributed by atoms with E-state index in [-0.39, 0.29) is 34.6 Å². The number of hydrogen-bond acceptors (Lipinski definition) is 19. The van der Waals surface area contributed by atoms with Gasteiger partial charge >= 0.3 is 5.97 Å². The number of carbonyl (C=O) groups is 2. The molecule has 3 heterocycles. The molecule has 0 unspecified atom stereocenters. The molecule has 7 fully saturated rings. The highest BCUT2D eigenvalue weighted by atomic mass is 16.8. The molecule has 4 saturated carbocycles. The van der Waals surface area contributed by atoms with Crippen molar-refractivity contribution in [3.8, 4) is 0 Å². The van der Waals surface area contributed by atoms with Gasteiger partial charge in [-0.1, -0.05) is 53.2 Å². The highest BCUT2D eigenvalue weighted by Crippen LogP contribution is 2.76. The fourth-order valence-corrected chi connectivity index (χ4v) is 15.0. The first-order valence-corrected chi connectivity index (χ1v) is 24.2. The standard InChI is InChI=1S/C48H76O19/c1-43(2)14-15-48(42(60)61-7)23(16-43)22-8-9-28-44(3)12-11-30(45(4,21-51)27(44)10-13-46(28,5)47(22,6)17-29(48)53)65-41-38(67-40-36(59)34(57)32(55)25(18-49)63-40)37(33(56)26(19-50)64-41)66-39-35(58)31(54)24(52)20-62-39/h8,21,23-41,49-50,52-59H,9-20H2,1-7H3/t23-,24+,25+,26+,27+,28+,29+,30-,31-,32-,33+,34-,35+,36+,37-,38+,39-,40-,41-,44-,45-,46+,47+,48+/m0/s1. The Bertz CT molecular complexity index is 1850. The van der Waals surface area contributed by atoms with Gasteiger partial charge in [-0.15, -0.1) is 0 Å². The lowest BCUT2D eigenvalue weighted by Gasteiger charge is -2.71. The van der Waals surface area contributed by atoms with Crippen molar-refractivity contribution in [1.82, 2.24) is 0 Å². The SMILES string of the molecule is COC(=O)[C@]12CCC(C)(C)C[C@H]1C1=CC[C@@H]3[C@@]4(C)CC[C@H](O[C@@H]5O[C@H](CO)[C@@H](O)[C@H](O[C@@H]6OC[C@@H](O)[C@H](O)[C@H]6O)[C@H]5O[C@@H]5O[C@H](CO)[C@H](O)[C@H](O)[C@H]5O)[C@@](C)(C=O)[C@@H]4CC[C@@]3(C)[C@]1(C)C[C@H]2O. The van der Waals surface area contributed by atoms with Crippen LogP contribution < -0.4 is 0 Å². The average molecular weight is 957 g/mol. The van der Waals surface area contributed by atoms with Crippen LogP contribution in [0.2, 0.25) is 0 Å². The summed E-state index contributed by atoms with van der Waals surface area (Å²) in [5.74, 6) is -0.747. The second-order valence-corrected chi connectivity index (χ2v) is 23.0. The lowest BCUT2D eigenvalue weighted by atomic mass is 9.33. The molecule has 5 aliphatic carbocycles. The van der Waals surface area contributed by atoms with Gasteiger partial charge in [0.2, 0.25) is 0 Å². The van der Waals surface area contributed by atoms with Gasteiger partial charge in [0, 0.05) is 0 Å². The highest BCUT2D eigenvalue weighted by Gasteiger charge is 2.72. The Hall–Kier alpha value is -1.76. The molecule has 3 aliphatic heterocycles. The summed E-state index contributed by atoms with van der Waals surface area (Å²) in [5.41, 5.74) is -2.29. The summed E-state index contributed by atoms with van der Waals surface area (Å²) in [4.78, 5) is 27.7. The molecule has 8 aliphatic rings. The van der Waals surface area contributed by atoms with Crippen LogP contribution in [0, 0.1) is 50.2 Å². The van der Waals surface area contributed by atoms with E-state index >= 15 is 0 Å². The van der Waals surface area contributed by atoms with E-state index in [2.05, 4.69) is 40.7 Å². The minimum atomic E-state index is -1.92. The van der Waals surface area contributed by atoms with Crippen LogP contribution in [0.4, 0.5) is 0 Å². The highest BCUT2D eigenvalue weighted by molar-refractivity contribution is 5.79. The third-order valence-corrected chi connectivity index (χ3v) is 19.1. The molecule has 24 atom stereocenters. The van der Waals surface area contributed by atoms with E-state index in [1.165, 1.54) is 12.7 Å². The number of fused-ring (bicyclic) bond motifs is 7. The van der Waals surface area contributed by atoms with Crippen LogP contribution in [-0.4, -0.2) is 188 Å². The number of aliphatic hydroxyl groups is 10. The van der Waals surface area contributed by atoms with E-state index in [0.29, 0.717) is 44.9 Å². The molecule has 0 spiro atoms. The molecular formula is C48H76O19. The zero-order valence-corrected chi connectivity index (χ0v) is 39.8. The van der Waals surface area contributed by atoms with Gasteiger partial charge in [0.15, 0.2) is 18.9 Å². The maximum atomic E-state index is 13.9. The maximum Gasteiger partial charge on any atom is 0.315 e. The van der Waals surface area contributed by atoms with Crippen LogP contribution in [0.25, 0.3) is 0 Å². The van der Waals surface area contributed by atoms with Crippen molar-refractivity contribution in [2.45, 2.75) is 198 Å². The van der Waals surface area contributed by atoms with Crippen LogP contribution in [-0.2, 0) is 42.7 Å². The molecule has 0 amide bonds. The quantitative estimate of drug-likeness (QED) is 0.0576. The predicted molar refractivity (Wildman–Crippen MR) is 231 cm³/mol. The normalized spacial score (nSPS) is 54.0. The number of carbonyl (C=O) groups excluding carboxylic acids is 2. The van der Waals surface area contributed by atoms with E-state index in [1.54, 1.807) is 0 Å². The number of aliphatic hydroxyl groups excluding tert-OH is 10. The Morgan fingerprint density at radius 3 is 2.01 bits per heavy atom. The van der Waals surface area contributed by atoms with Gasteiger partial charge in [0.05, 0.1) is 44.6 Å². The average Bonchev–Trinajstić information content (AvgIpc) is 3.28. The van der Waals surface area contributed by atoms with Gasteiger partial charge in [0.1, 0.15) is 78.8 Å². The summed E-state index contributed by atoms with van der Waals surface area (Å²) >= 11 is 0. The number of esters is 1. The minimum absolute atomic E-state index is 0.0497. The van der Waals surface area contributed by atoms with Crippen LogP contribution in [0.5, 0.6) is 0 Å². The zero-order chi connectivity index (χ0) is 49.0. The summed E-state index contributed by atoms with van der Waals surface area (Å²) < 4.78 is 42.0.